The number of anilines is 1. The first-order valence-electron chi connectivity index (χ1n) is 9.20. The van der Waals surface area contributed by atoms with Crippen molar-refractivity contribution >= 4 is 17.3 Å². The second-order valence-corrected chi connectivity index (χ2v) is 7.65. The molecule has 132 valence electrons. The van der Waals surface area contributed by atoms with Crippen molar-refractivity contribution in [3.05, 3.63) is 40.5 Å². The van der Waals surface area contributed by atoms with Gasteiger partial charge in [0.15, 0.2) is 5.15 Å². The Balaban J connectivity index is 1.72. The number of para-hydroxylation sites is 1. The molecule has 2 aliphatic rings. The minimum atomic E-state index is 0.410. The first-order chi connectivity index (χ1) is 12.1. The third-order valence-electron chi connectivity index (χ3n) is 5.28. The summed E-state index contributed by atoms with van der Waals surface area (Å²) in [7, 11) is 0. The highest BCUT2D eigenvalue weighted by Crippen LogP contribution is 2.47. The molecule has 0 N–H and O–H groups in total. The lowest BCUT2D eigenvalue weighted by molar-refractivity contribution is 0.432. The summed E-state index contributed by atoms with van der Waals surface area (Å²) in [5, 5.41) is 8.75. The van der Waals surface area contributed by atoms with E-state index in [1.54, 1.807) is 0 Å². The predicted octanol–water partition coefficient (Wildman–Crippen LogP) is 5.49. The molecule has 1 unspecified atom stereocenters. The second-order valence-electron chi connectivity index (χ2n) is 7.27. The highest BCUT2D eigenvalue weighted by Gasteiger charge is 2.29. The fourth-order valence-corrected chi connectivity index (χ4v) is 3.85. The van der Waals surface area contributed by atoms with Crippen molar-refractivity contribution in [2.24, 2.45) is 0 Å². The van der Waals surface area contributed by atoms with E-state index >= 15 is 0 Å². The zero-order chi connectivity index (χ0) is 17.4. The van der Waals surface area contributed by atoms with Crippen LogP contribution in [0.2, 0.25) is 5.15 Å². The topological polar surface area (TPSA) is 38.3 Å². The summed E-state index contributed by atoms with van der Waals surface area (Å²) in [6.07, 6.45) is 6.10. The van der Waals surface area contributed by atoms with Gasteiger partial charge in [-0.15, -0.1) is 10.2 Å². The number of hydrogen-bond donors (Lipinski definition) is 0. The number of nitrogens with zero attached hydrogens (tertiary/aromatic N) is 3. The third kappa shape index (κ3) is 3.45. The molecule has 0 amide bonds. The molecule has 0 radical (unpaired) electrons. The van der Waals surface area contributed by atoms with Crippen LogP contribution in [0.15, 0.2) is 24.3 Å². The van der Waals surface area contributed by atoms with Crippen molar-refractivity contribution in [2.45, 2.75) is 57.9 Å². The number of aromatic nitrogens is 2. The van der Waals surface area contributed by atoms with Gasteiger partial charge >= 0.3 is 0 Å². The van der Waals surface area contributed by atoms with Crippen molar-refractivity contribution in [3.8, 4) is 11.6 Å². The minimum Gasteiger partial charge on any atom is -0.435 e. The Bertz CT molecular complexity index is 776. The van der Waals surface area contributed by atoms with E-state index < -0.39 is 0 Å². The van der Waals surface area contributed by atoms with E-state index in [1.807, 2.05) is 6.07 Å². The number of ether oxygens (including phenoxy) is 1. The second kappa shape index (κ2) is 6.83. The van der Waals surface area contributed by atoms with Crippen LogP contribution >= 0.6 is 11.6 Å². The number of piperidine rings is 1. The lowest BCUT2D eigenvalue weighted by Crippen LogP contribution is -2.37. The van der Waals surface area contributed by atoms with Gasteiger partial charge in [0.25, 0.3) is 5.88 Å². The molecule has 1 aliphatic heterocycles. The summed E-state index contributed by atoms with van der Waals surface area (Å²) in [6, 6.07) is 8.72. The molecule has 1 aliphatic carbocycles. The first kappa shape index (κ1) is 16.6. The molecule has 1 atom stereocenters. The van der Waals surface area contributed by atoms with Gasteiger partial charge in [-0.3, -0.25) is 0 Å². The minimum absolute atomic E-state index is 0.410. The number of benzene rings is 1. The highest BCUT2D eigenvalue weighted by atomic mass is 35.5. The molecular weight excluding hydrogens is 334 g/mol. The largest absolute Gasteiger partial charge is 0.435 e. The smallest absolute Gasteiger partial charge is 0.262 e. The Labute approximate surface area is 154 Å². The van der Waals surface area contributed by atoms with Crippen LogP contribution in [-0.4, -0.2) is 22.8 Å². The molecule has 0 bridgehead atoms. The van der Waals surface area contributed by atoms with Crippen LogP contribution in [0.5, 0.6) is 11.6 Å². The van der Waals surface area contributed by atoms with Crippen molar-refractivity contribution in [2.75, 3.05) is 11.4 Å². The van der Waals surface area contributed by atoms with E-state index in [0.717, 1.165) is 23.5 Å². The van der Waals surface area contributed by atoms with Crippen molar-refractivity contribution in [3.63, 3.8) is 0 Å². The van der Waals surface area contributed by atoms with Crippen molar-refractivity contribution in [1.29, 1.82) is 0 Å². The van der Waals surface area contributed by atoms with Gasteiger partial charge in [0, 0.05) is 18.7 Å². The molecule has 2 heterocycles. The van der Waals surface area contributed by atoms with Gasteiger partial charge < -0.3 is 9.64 Å². The van der Waals surface area contributed by atoms with Crippen LogP contribution < -0.4 is 9.64 Å². The van der Waals surface area contributed by atoms with Gasteiger partial charge in [-0.1, -0.05) is 29.8 Å². The average molecular weight is 358 g/mol. The van der Waals surface area contributed by atoms with E-state index in [4.69, 9.17) is 16.3 Å². The zero-order valence-corrected chi connectivity index (χ0v) is 15.6. The number of halogens is 1. The molecular formula is C20H24ClN3O. The van der Waals surface area contributed by atoms with E-state index in [1.165, 1.54) is 37.7 Å². The molecule has 4 nitrogen and oxygen atoms in total. The van der Waals surface area contributed by atoms with Gasteiger partial charge in [-0.05, 0) is 63.0 Å². The Morgan fingerprint density at radius 3 is 2.76 bits per heavy atom. The standard InChI is InChI=1S/C20H24ClN3O/c1-13-6-5-8-16(15-9-10-15)19(13)25-20-17(12-18(21)22-23-20)24-11-4-3-7-14(24)2/h5-6,8,12,14-15H,3-4,7,9-11H2,1-2H3. The number of rotatable bonds is 4. The Morgan fingerprint density at radius 2 is 2.00 bits per heavy atom. The lowest BCUT2D eigenvalue weighted by atomic mass is 10.0. The van der Waals surface area contributed by atoms with E-state index in [0.29, 0.717) is 23.0 Å². The van der Waals surface area contributed by atoms with E-state index in [9.17, 15) is 0 Å². The van der Waals surface area contributed by atoms with E-state index in [-0.39, 0.29) is 0 Å². The lowest BCUT2D eigenvalue weighted by Gasteiger charge is -2.35. The normalized spacial score (nSPS) is 20.6. The molecule has 1 saturated heterocycles. The van der Waals surface area contributed by atoms with Crippen LogP contribution in [0.25, 0.3) is 0 Å². The molecule has 1 aromatic heterocycles. The van der Waals surface area contributed by atoms with Crippen LogP contribution in [0.4, 0.5) is 5.69 Å². The van der Waals surface area contributed by atoms with Gasteiger partial charge in [0.05, 0.1) is 0 Å². The molecule has 5 heteroatoms. The Kier molecular flexibility index (Phi) is 4.55. The fourth-order valence-electron chi connectivity index (χ4n) is 3.71. The van der Waals surface area contributed by atoms with Gasteiger partial charge in [-0.25, -0.2) is 0 Å². The highest BCUT2D eigenvalue weighted by molar-refractivity contribution is 6.29. The maximum atomic E-state index is 6.36. The van der Waals surface area contributed by atoms with E-state index in [2.05, 4.69) is 47.1 Å². The maximum absolute atomic E-state index is 6.36. The molecule has 0 spiro atoms. The summed E-state index contributed by atoms with van der Waals surface area (Å²) in [4.78, 5) is 2.36. The molecule has 1 saturated carbocycles. The van der Waals surface area contributed by atoms with Gasteiger partial charge in [0.1, 0.15) is 11.4 Å². The summed E-state index contributed by atoms with van der Waals surface area (Å²) in [6.45, 7) is 5.34. The monoisotopic (exact) mass is 357 g/mol. The number of aryl methyl sites for hydroxylation is 1. The van der Waals surface area contributed by atoms with Crippen LogP contribution in [0.1, 0.15) is 56.1 Å². The fraction of sp³-hybridized carbons (Fsp3) is 0.500. The maximum Gasteiger partial charge on any atom is 0.262 e. The number of hydrogen-bond acceptors (Lipinski definition) is 4. The Morgan fingerprint density at radius 1 is 1.16 bits per heavy atom. The molecule has 4 rings (SSSR count). The molecule has 2 aromatic rings. The Hall–Kier alpha value is -1.81. The van der Waals surface area contributed by atoms with Crippen LogP contribution in [-0.2, 0) is 0 Å². The summed E-state index contributed by atoms with van der Waals surface area (Å²) >= 11 is 6.15. The third-order valence-corrected chi connectivity index (χ3v) is 5.47. The van der Waals surface area contributed by atoms with Gasteiger partial charge in [0.2, 0.25) is 0 Å². The molecule has 25 heavy (non-hydrogen) atoms. The van der Waals surface area contributed by atoms with Crippen LogP contribution in [0.3, 0.4) is 0 Å². The zero-order valence-electron chi connectivity index (χ0n) is 14.8. The quantitative estimate of drug-likeness (QED) is 0.725. The molecule has 2 fully saturated rings. The SMILES string of the molecule is Cc1cccc(C2CC2)c1Oc1nnc(Cl)cc1N1CCCCC1C. The van der Waals surface area contributed by atoms with Crippen molar-refractivity contribution in [1.82, 2.24) is 10.2 Å². The van der Waals surface area contributed by atoms with Crippen LogP contribution in [0, 0.1) is 6.92 Å². The summed E-state index contributed by atoms with van der Waals surface area (Å²) < 4.78 is 6.36. The van der Waals surface area contributed by atoms with Crippen molar-refractivity contribution < 1.29 is 4.74 Å². The molecule has 1 aromatic carbocycles. The first-order valence-corrected chi connectivity index (χ1v) is 9.58. The van der Waals surface area contributed by atoms with Gasteiger partial charge in [-0.2, -0.15) is 0 Å². The predicted molar refractivity (Wildman–Crippen MR) is 101 cm³/mol. The average Bonchev–Trinajstić information content (AvgIpc) is 3.43. The summed E-state index contributed by atoms with van der Waals surface area (Å²) in [5.74, 6) is 2.12. The summed E-state index contributed by atoms with van der Waals surface area (Å²) in [5.41, 5.74) is 3.38.